The van der Waals surface area contributed by atoms with Crippen LogP contribution >= 0.6 is 22.6 Å². The van der Waals surface area contributed by atoms with E-state index in [1.165, 1.54) is 6.42 Å². The summed E-state index contributed by atoms with van der Waals surface area (Å²) >= 11 is 2.24. The van der Waals surface area contributed by atoms with Gasteiger partial charge in [-0.3, -0.25) is 9.59 Å². The summed E-state index contributed by atoms with van der Waals surface area (Å²) in [7, 11) is 1.60. The van der Waals surface area contributed by atoms with E-state index in [4.69, 9.17) is 4.42 Å². The van der Waals surface area contributed by atoms with Crippen LogP contribution in [-0.2, 0) is 4.79 Å². The lowest BCUT2D eigenvalue weighted by Crippen LogP contribution is -2.50. The number of carbonyl (C=O) groups excluding carboxylic acids is 2. The van der Waals surface area contributed by atoms with E-state index >= 15 is 0 Å². The molecule has 3 rings (SSSR count). The Balaban J connectivity index is 1.73. The lowest BCUT2D eigenvalue weighted by molar-refractivity contribution is -0.124. The third-order valence-corrected chi connectivity index (χ3v) is 5.61. The lowest BCUT2D eigenvalue weighted by atomic mass is 9.83. The van der Waals surface area contributed by atoms with E-state index in [9.17, 15) is 9.59 Å². The molecule has 1 aromatic carbocycles. The number of amides is 2. The number of halogens is 1. The Hall–Kier alpha value is -1.83. The Labute approximate surface area is 167 Å². The van der Waals surface area contributed by atoms with Crippen LogP contribution < -0.4 is 10.6 Å². The number of carbonyl (C=O) groups is 2. The molecule has 0 spiro atoms. The average molecular weight is 466 g/mol. The SMILES string of the molecule is CNC(=O)[C@@H](NC(=O)c1ccc(-c2ccc(I)cc2)o1)C1CCCCC1. The van der Waals surface area contributed by atoms with Gasteiger partial charge in [-0.25, -0.2) is 0 Å². The summed E-state index contributed by atoms with van der Waals surface area (Å²) in [6, 6.07) is 10.8. The van der Waals surface area contributed by atoms with Crippen LogP contribution in [0.4, 0.5) is 0 Å². The first-order valence-corrected chi connectivity index (χ1v) is 10.0. The fraction of sp³-hybridized carbons (Fsp3) is 0.400. The monoisotopic (exact) mass is 466 g/mol. The molecule has 0 radical (unpaired) electrons. The maximum atomic E-state index is 12.6. The Kier molecular flexibility index (Phi) is 6.34. The molecule has 1 aliphatic rings. The van der Waals surface area contributed by atoms with Gasteiger partial charge in [-0.15, -0.1) is 0 Å². The van der Waals surface area contributed by atoms with Gasteiger partial charge in [0.15, 0.2) is 5.76 Å². The summed E-state index contributed by atoms with van der Waals surface area (Å²) < 4.78 is 6.86. The van der Waals surface area contributed by atoms with Crippen LogP contribution in [0.25, 0.3) is 11.3 Å². The molecule has 2 amide bonds. The molecule has 2 N–H and O–H groups in total. The summed E-state index contributed by atoms with van der Waals surface area (Å²) in [5, 5.41) is 5.55. The lowest BCUT2D eigenvalue weighted by Gasteiger charge is -2.29. The van der Waals surface area contributed by atoms with E-state index in [0.29, 0.717) is 5.76 Å². The smallest absolute Gasteiger partial charge is 0.287 e. The second-order valence-corrected chi connectivity index (χ2v) is 7.88. The molecule has 26 heavy (non-hydrogen) atoms. The van der Waals surface area contributed by atoms with Gasteiger partial charge in [0.05, 0.1) is 0 Å². The van der Waals surface area contributed by atoms with Gasteiger partial charge in [0.2, 0.25) is 5.91 Å². The molecule has 2 aromatic rings. The van der Waals surface area contributed by atoms with E-state index in [0.717, 1.165) is 34.8 Å². The minimum absolute atomic E-state index is 0.144. The minimum atomic E-state index is -0.514. The minimum Gasteiger partial charge on any atom is -0.451 e. The molecular formula is C20H23IN2O3. The van der Waals surface area contributed by atoms with Gasteiger partial charge in [-0.1, -0.05) is 31.4 Å². The zero-order valence-electron chi connectivity index (χ0n) is 14.8. The highest BCUT2D eigenvalue weighted by Gasteiger charge is 2.31. The molecule has 0 aliphatic heterocycles. The summed E-state index contributed by atoms with van der Waals surface area (Å²) in [4.78, 5) is 24.9. The third-order valence-electron chi connectivity index (χ3n) is 4.90. The molecule has 1 aromatic heterocycles. The number of benzene rings is 1. The summed E-state index contributed by atoms with van der Waals surface area (Å²) in [5.74, 6) is 0.554. The summed E-state index contributed by atoms with van der Waals surface area (Å²) in [6.45, 7) is 0. The topological polar surface area (TPSA) is 71.3 Å². The van der Waals surface area contributed by atoms with Gasteiger partial charge in [-0.2, -0.15) is 0 Å². The van der Waals surface area contributed by atoms with Crippen molar-refractivity contribution in [2.45, 2.75) is 38.1 Å². The van der Waals surface area contributed by atoms with Crippen molar-refractivity contribution in [3.8, 4) is 11.3 Å². The van der Waals surface area contributed by atoms with Gasteiger partial charge < -0.3 is 15.1 Å². The molecule has 0 saturated heterocycles. The molecule has 138 valence electrons. The first-order valence-electron chi connectivity index (χ1n) is 8.96. The fourth-order valence-corrected chi connectivity index (χ4v) is 3.82. The van der Waals surface area contributed by atoms with Crippen molar-refractivity contribution < 1.29 is 14.0 Å². The predicted octanol–water partition coefficient (Wildman–Crippen LogP) is 3.98. The Morgan fingerprint density at radius 1 is 1.08 bits per heavy atom. The van der Waals surface area contributed by atoms with Crippen LogP contribution in [0.5, 0.6) is 0 Å². The average Bonchev–Trinajstić information content (AvgIpc) is 3.17. The normalized spacial score (nSPS) is 16.1. The van der Waals surface area contributed by atoms with E-state index in [1.807, 2.05) is 24.3 Å². The van der Waals surface area contributed by atoms with Gasteiger partial charge >= 0.3 is 0 Å². The molecule has 1 heterocycles. The molecule has 0 bridgehead atoms. The number of hydrogen-bond acceptors (Lipinski definition) is 3. The van der Waals surface area contributed by atoms with Crippen LogP contribution in [0.15, 0.2) is 40.8 Å². The summed E-state index contributed by atoms with van der Waals surface area (Å²) in [5.41, 5.74) is 0.916. The first-order chi connectivity index (χ1) is 12.6. The third kappa shape index (κ3) is 4.47. The van der Waals surface area contributed by atoms with Crippen molar-refractivity contribution in [3.05, 3.63) is 45.7 Å². The van der Waals surface area contributed by atoms with Gasteiger partial charge in [-0.05, 0) is 65.6 Å². The van der Waals surface area contributed by atoms with Crippen molar-refractivity contribution in [2.24, 2.45) is 5.92 Å². The van der Waals surface area contributed by atoms with Crippen LogP contribution in [0.2, 0.25) is 0 Å². The van der Waals surface area contributed by atoms with Gasteiger partial charge in [0.25, 0.3) is 5.91 Å². The number of nitrogens with one attached hydrogen (secondary N) is 2. The Bertz CT molecular complexity index is 764. The van der Waals surface area contributed by atoms with Gasteiger partial charge in [0, 0.05) is 16.2 Å². The van der Waals surface area contributed by atoms with Crippen LogP contribution in [-0.4, -0.2) is 24.9 Å². The highest BCUT2D eigenvalue weighted by molar-refractivity contribution is 14.1. The van der Waals surface area contributed by atoms with E-state index in [-0.39, 0.29) is 23.5 Å². The first kappa shape index (κ1) is 18.9. The molecule has 1 saturated carbocycles. The molecule has 0 unspecified atom stereocenters. The maximum absolute atomic E-state index is 12.6. The Morgan fingerprint density at radius 2 is 1.77 bits per heavy atom. The van der Waals surface area contributed by atoms with Crippen molar-refractivity contribution in [2.75, 3.05) is 7.05 Å². The standard InChI is InChI=1S/C20H23IN2O3/c1-22-20(25)18(14-5-3-2-4-6-14)23-19(24)17-12-11-16(26-17)13-7-9-15(21)10-8-13/h7-12,14,18H,2-6H2,1H3,(H,22,25)(H,23,24)/t18-/m0/s1. The predicted molar refractivity (Wildman–Crippen MR) is 109 cm³/mol. The molecule has 5 nitrogen and oxygen atoms in total. The maximum Gasteiger partial charge on any atom is 0.287 e. The second kappa shape index (κ2) is 8.70. The summed E-state index contributed by atoms with van der Waals surface area (Å²) in [6.07, 6.45) is 5.33. The molecule has 1 atom stereocenters. The Morgan fingerprint density at radius 3 is 2.42 bits per heavy atom. The van der Waals surface area contributed by atoms with E-state index in [2.05, 4.69) is 33.2 Å². The largest absolute Gasteiger partial charge is 0.451 e. The zero-order valence-corrected chi connectivity index (χ0v) is 16.9. The molecule has 6 heteroatoms. The van der Waals surface area contributed by atoms with Crippen LogP contribution in [0.1, 0.15) is 42.7 Å². The molecule has 1 fully saturated rings. The number of hydrogen-bond donors (Lipinski definition) is 2. The fourth-order valence-electron chi connectivity index (χ4n) is 3.46. The van der Waals surface area contributed by atoms with Crippen molar-refractivity contribution in [1.82, 2.24) is 10.6 Å². The molecule has 1 aliphatic carbocycles. The van der Waals surface area contributed by atoms with Crippen molar-refractivity contribution in [3.63, 3.8) is 0 Å². The number of furan rings is 1. The number of likely N-dealkylation sites (N-methyl/N-ethyl adjacent to an activating group) is 1. The number of rotatable bonds is 5. The quantitative estimate of drug-likeness (QED) is 0.656. The second-order valence-electron chi connectivity index (χ2n) is 6.63. The highest BCUT2D eigenvalue weighted by atomic mass is 127. The van der Waals surface area contributed by atoms with E-state index < -0.39 is 6.04 Å². The van der Waals surface area contributed by atoms with Crippen molar-refractivity contribution in [1.29, 1.82) is 0 Å². The van der Waals surface area contributed by atoms with Crippen LogP contribution in [0, 0.1) is 9.49 Å². The van der Waals surface area contributed by atoms with Gasteiger partial charge in [0.1, 0.15) is 11.8 Å². The highest BCUT2D eigenvalue weighted by Crippen LogP contribution is 2.27. The molecular weight excluding hydrogens is 443 g/mol. The van der Waals surface area contributed by atoms with Crippen LogP contribution in [0.3, 0.4) is 0 Å². The zero-order chi connectivity index (χ0) is 18.5. The van der Waals surface area contributed by atoms with E-state index in [1.54, 1.807) is 19.2 Å². The van der Waals surface area contributed by atoms with Crippen molar-refractivity contribution >= 4 is 34.4 Å².